The summed E-state index contributed by atoms with van der Waals surface area (Å²) in [6.45, 7) is 7.51. The van der Waals surface area contributed by atoms with E-state index in [0.717, 1.165) is 24.4 Å². The molecule has 0 bridgehead atoms. The Morgan fingerprint density at radius 2 is 2.05 bits per heavy atom. The van der Waals surface area contributed by atoms with Crippen molar-refractivity contribution >= 4 is 23.1 Å². The molecule has 5 heteroatoms. The second-order valence-electron chi connectivity index (χ2n) is 6.38. The number of aromatic nitrogens is 2. The van der Waals surface area contributed by atoms with Gasteiger partial charge in [0.1, 0.15) is 10.0 Å². The maximum atomic E-state index is 4.42. The van der Waals surface area contributed by atoms with Gasteiger partial charge in [0.2, 0.25) is 0 Å². The maximum Gasteiger partial charge on any atom is 0.131 e. The van der Waals surface area contributed by atoms with E-state index < -0.39 is 0 Å². The number of nitrogens with one attached hydrogen (secondary N) is 1. The molecule has 0 saturated carbocycles. The molecule has 0 amide bonds. The SMILES string of the molecule is CC(C)(C)NCCc1nnc(C2Cc3ccccc3S2)s1. The van der Waals surface area contributed by atoms with Gasteiger partial charge < -0.3 is 5.32 Å². The van der Waals surface area contributed by atoms with Crippen LogP contribution in [0, 0.1) is 0 Å². The van der Waals surface area contributed by atoms with Crippen LogP contribution < -0.4 is 5.32 Å². The van der Waals surface area contributed by atoms with Crippen molar-refractivity contribution in [2.45, 2.75) is 49.3 Å². The number of benzene rings is 1. The van der Waals surface area contributed by atoms with Crippen LogP contribution in [0.4, 0.5) is 0 Å². The Morgan fingerprint density at radius 3 is 2.81 bits per heavy atom. The summed E-state index contributed by atoms with van der Waals surface area (Å²) in [7, 11) is 0. The molecule has 0 saturated heterocycles. The lowest BCUT2D eigenvalue weighted by Crippen LogP contribution is -2.37. The Hall–Kier alpha value is -0.910. The minimum absolute atomic E-state index is 0.163. The first-order valence-electron chi connectivity index (χ1n) is 7.33. The summed E-state index contributed by atoms with van der Waals surface area (Å²) in [6.07, 6.45) is 2.04. The van der Waals surface area contributed by atoms with Gasteiger partial charge in [-0.05, 0) is 38.8 Å². The number of rotatable bonds is 4. The fraction of sp³-hybridized carbons (Fsp3) is 0.500. The summed E-state index contributed by atoms with van der Waals surface area (Å²) < 4.78 is 0. The van der Waals surface area contributed by atoms with Crippen molar-refractivity contribution in [2.75, 3.05) is 6.54 Å². The summed E-state index contributed by atoms with van der Waals surface area (Å²) in [6, 6.07) is 8.65. The van der Waals surface area contributed by atoms with Crippen molar-refractivity contribution in [3.63, 3.8) is 0 Å². The largest absolute Gasteiger partial charge is 0.312 e. The fourth-order valence-corrected chi connectivity index (χ4v) is 4.65. The average molecular weight is 319 g/mol. The quantitative estimate of drug-likeness (QED) is 0.928. The van der Waals surface area contributed by atoms with Gasteiger partial charge >= 0.3 is 0 Å². The van der Waals surface area contributed by atoms with Crippen LogP contribution in [0.15, 0.2) is 29.2 Å². The molecule has 3 nitrogen and oxygen atoms in total. The molecular formula is C16H21N3S2. The van der Waals surface area contributed by atoms with E-state index in [-0.39, 0.29) is 5.54 Å². The molecule has 1 atom stereocenters. The molecule has 0 fully saturated rings. The van der Waals surface area contributed by atoms with E-state index in [4.69, 9.17) is 0 Å². The lowest BCUT2D eigenvalue weighted by atomic mass is 10.1. The molecule has 0 radical (unpaired) electrons. The smallest absolute Gasteiger partial charge is 0.131 e. The molecule has 1 unspecified atom stereocenters. The molecule has 0 spiro atoms. The molecule has 2 heterocycles. The van der Waals surface area contributed by atoms with Crippen LogP contribution in [0.25, 0.3) is 0 Å². The highest BCUT2D eigenvalue weighted by atomic mass is 32.2. The zero-order valence-electron chi connectivity index (χ0n) is 12.7. The van der Waals surface area contributed by atoms with Gasteiger partial charge in [-0.1, -0.05) is 18.2 Å². The van der Waals surface area contributed by atoms with Gasteiger partial charge in [-0.2, -0.15) is 0 Å². The van der Waals surface area contributed by atoms with Crippen molar-refractivity contribution in [3.05, 3.63) is 39.8 Å². The first kappa shape index (κ1) is 15.0. The molecule has 1 aliphatic rings. The van der Waals surface area contributed by atoms with Gasteiger partial charge in [0.25, 0.3) is 0 Å². The van der Waals surface area contributed by atoms with Crippen molar-refractivity contribution in [3.8, 4) is 0 Å². The molecule has 3 rings (SSSR count). The molecule has 2 aromatic rings. The number of thioether (sulfide) groups is 1. The molecule has 1 aromatic carbocycles. The van der Waals surface area contributed by atoms with Crippen LogP contribution in [0.5, 0.6) is 0 Å². The normalized spacial score (nSPS) is 18.0. The Labute approximate surface area is 134 Å². The molecule has 112 valence electrons. The van der Waals surface area contributed by atoms with E-state index in [9.17, 15) is 0 Å². The van der Waals surface area contributed by atoms with Gasteiger partial charge in [0, 0.05) is 23.4 Å². The summed E-state index contributed by atoms with van der Waals surface area (Å²) in [4.78, 5) is 1.40. The summed E-state index contributed by atoms with van der Waals surface area (Å²) in [5, 5.41) is 15.0. The third kappa shape index (κ3) is 3.84. The second kappa shape index (κ2) is 6.07. The molecule has 1 aromatic heterocycles. The van der Waals surface area contributed by atoms with Crippen LogP contribution in [-0.2, 0) is 12.8 Å². The van der Waals surface area contributed by atoms with E-state index in [0.29, 0.717) is 5.25 Å². The first-order valence-corrected chi connectivity index (χ1v) is 9.03. The summed E-state index contributed by atoms with van der Waals surface area (Å²) in [5.41, 5.74) is 1.61. The Morgan fingerprint density at radius 1 is 1.24 bits per heavy atom. The molecule has 21 heavy (non-hydrogen) atoms. The van der Waals surface area contributed by atoms with E-state index in [1.54, 1.807) is 11.3 Å². The molecule has 1 aliphatic heterocycles. The standard InChI is InChI=1S/C16H21N3S2/c1-16(2,3)17-9-8-14-18-19-15(21-14)13-10-11-6-4-5-7-12(11)20-13/h4-7,13,17H,8-10H2,1-3H3. The van der Waals surface area contributed by atoms with Crippen molar-refractivity contribution in [1.82, 2.24) is 15.5 Å². The predicted molar refractivity (Wildman–Crippen MR) is 90.1 cm³/mol. The Bertz CT molecular complexity index is 591. The van der Waals surface area contributed by atoms with Gasteiger partial charge in [-0.25, -0.2) is 0 Å². The zero-order chi connectivity index (χ0) is 14.9. The highest BCUT2D eigenvalue weighted by Crippen LogP contribution is 2.46. The van der Waals surface area contributed by atoms with Crippen LogP contribution >= 0.6 is 23.1 Å². The monoisotopic (exact) mass is 319 g/mol. The van der Waals surface area contributed by atoms with E-state index in [1.165, 1.54) is 15.5 Å². The van der Waals surface area contributed by atoms with E-state index >= 15 is 0 Å². The third-order valence-electron chi connectivity index (χ3n) is 3.40. The second-order valence-corrected chi connectivity index (χ2v) is 8.72. The molecule has 1 N–H and O–H groups in total. The van der Waals surface area contributed by atoms with Crippen LogP contribution in [0.2, 0.25) is 0 Å². The van der Waals surface area contributed by atoms with Crippen molar-refractivity contribution in [2.24, 2.45) is 0 Å². The highest BCUT2D eigenvalue weighted by Gasteiger charge is 2.26. The topological polar surface area (TPSA) is 37.8 Å². The third-order valence-corrected chi connectivity index (χ3v) is 5.97. The number of nitrogens with zero attached hydrogens (tertiary/aromatic N) is 2. The zero-order valence-corrected chi connectivity index (χ0v) is 14.4. The van der Waals surface area contributed by atoms with Crippen molar-refractivity contribution in [1.29, 1.82) is 0 Å². The van der Waals surface area contributed by atoms with Gasteiger partial charge in [0.05, 0.1) is 5.25 Å². The van der Waals surface area contributed by atoms with Crippen molar-refractivity contribution < 1.29 is 0 Å². The Kier molecular flexibility index (Phi) is 4.33. The predicted octanol–water partition coefficient (Wildman–Crippen LogP) is 3.86. The minimum atomic E-state index is 0.163. The molecule has 0 aliphatic carbocycles. The van der Waals surface area contributed by atoms with E-state index in [1.807, 2.05) is 11.8 Å². The minimum Gasteiger partial charge on any atom is -0.312 e. The lowest BCUT2D eigenvalue weighted by Gasteiger charge is -2.19. The number of fused-ring (bicyclic) bond motifs is 1. The van der Waals surface area contributed by atoms with Crippen LogP contribution in [-0.4, -0.2) is 22.3 Å². The Balaban J connectivity index is 1.59. The van der Waals surface area contributed by atoms with Crippen LogP contribution in [0.1, 0.15) is 41.6 Å². The summed E-state index contributed by atoms with van der Waals surface area (Å²) >= 11 is 3.69. The molecular weight excluding hydrogens is 298 g/mol. The van der Waals surface area contributed by atoms with Crippen LogP contribution in [0.3, 0.4) is 0 Å². The van der Waals surface area contributed by atoms with Gasteiger partial charge in [-0.3, -0.25) is 0 Å². The number of hydrogen-bond donors (Lipinski definition) is 1. The first-order chi connectivity index (χ1) is 10.0. The van der Waals surface area contributed by atoms with Gasteiger partial charge in [0.15, 0.2) is 0 Å². The highest BCUT2D eigenvalue weighted by molar-refractivity contribution is 8.00. The van der Waals surface area contributed by atoms with Gasteiger partial charge in [-0.15, -0.1) is 33.3 Å². The summed E-state index contributed by atoms with van der Waals surface area (Å²) in [5.74, 6) is 0. The van der Waals surface area contributed by atoms with E-state index in [2.05, 4.69) is 60.6 Å². The fourth-order valence-electron chi connectivity index (χ4n) is 2.36. The lowest BCUT2D eigenvalue weighted by molar-refractivity contribution is 0.429. The number of hydrogen-bond acceptors (Lipinski definition) is 5. The average Bonchev–Trinajstić information content (AvgIpc) is 3.02. The maximum absolute atomic E-state index is 4.42.